The molecule has 0 bridgehead atoms. The molecule has 108 valence electrons. The van der Waals surface area contributed by atoms with Gasteiger partial charge in [0.2, 0.25) is 10.0 Å². The maximum atomic E-state index is 13.5. The zero-order chi connectivity index (χ0) is 14.8. The van der Waals surface area contributed by atoms with Gasteiger partial charge in [-0.2, -0.15) is 5.10 Å². The summed E-state index contributed by atoms with van der Waals surface area (Å²) in [5, 5.41) is 7.11. The highest BCUT2D eigenvalue weighted by atomic mass is 32.2. The number of sulfonamides is 1. The second-order valence-electron chi connectivity index (χ2n) is 4.44. The Kier molecular flexibility index (Phi) is 3.93. The standard InChI is InChI=1S/C12H15FN4O2S/c1-17-8-9(7-15-17)6-14-10-3-4-11(13)12(5-10)16-20(2,18)19/h3-5,7-8,14,16H,6H2,1-2H3. The van der Waals surface area contributed by atoms with E-state index in [4.69, 9.17) is 0 Å². The van der Waals surface area contributed by atoms with E-state index in [1.54, 1.807) is 16.9 Å². The first-order chi connectivity index (χ1) is 9.33. The van der Waals surface area contributed by atoms with Gasteiger partial charge in [0.15, 0.2) is 0 Å². The first-order valence-corrected chi connectivity index (χ1v) is 7.71. The van der Waals surface area contributed by atoms with Crippen LogP contribution >= 0.6 is 0 Å². The fourth-order valence-corrected chi connectivity index (χ4v) is 2.24. The lowest BCUT2D eigenvalue weighted by Gasteiger charge is -2.09. The van der Waals surface area contributed by atoms with Crippen LogP contribution in [0.5, 0.6) is 0 Å². The van der Waals surface area contributed by atoms with Crippen molar-refractivity contribution in [2.75, 3.05) is 16.3 Å². The largest absolute Gasteiger partial charge is 0.381 e. The predicted molar refractivity (Wildman–Crippen MR) is 75.4 cm³/mol. The summed E-state index contributed by atoms with van der Waals surface area (Å²) >= 11 is 0. The Bertz CT molecular complexity index is 712. The highest BCUT2D eigenvalue weighted by Gasteiger charge is 2.08. The Morgan fingerprint density at radius 3 is 2.75 bits per heavy atom. The van der Waals surface area contributed by atoms with Crippen molar-refractivity contribution in [2.24, 2.45) is 7.05 Å². The van der Waals surface area contributed by atoms with Crippen LogP contribution in [0.3, 0.4) is 0 Å². The van der Waals surface area contributed by atoms with Crippen molar-refractivity contribution < 1.29 is 12.8 Å². The molecule has 0 atom stereocenters. The van der Waals surface area contributed by atoms with Gasteiger partial charge >= 0.3 is 0 Å². The van der Waals surface area contributed by atoms with E-state index in [9.17, 15) is 12.8 Å². The first kappa shape index (κ1) is 14.3. The Labute approximate surface area is 116 Å². The molecule has 1 heterocycles. The first-order valence-electron chi connectivity index (χ1n) is 5.82. The molecular weight excluding hydrogens is 283 g/mol. The van der Waals surface area contributed by atoms with Crippen LogP contribution in [0.4, 0.5) is 15.8 Å². The molecular formula is C12H15FN4O2S. The third kappa shape index (κ3) is 3.95. The highest BCUT2D eigenvalue weighted by molar-refractivity contribution is 7.92. The predicted octanol–water partition coefficient (Wildman–Crippen LogP) is 1.54. The Morgan fingerprint density at radius 2 is 2.15 bits per heavy atom. The molecule has 1 aromatic carbocycles. The molecule has 0 aliphatic rings. The number of benzene rings is 1. The maximum Gasteiger partial charge on any atom is 0.229 e. The summed E-state index contributed by atoms with van der Waals surface area (Å²) in [7, 11) is -1.70. The Balaban J connectivity index is 2.11. The molecule has 0 amide bonds. The highest BCUT2D eigenvalue weighted by Crippen LogP contribution is 2.21. The number of anilines is 2. The third-order valence-corrected chi connectivity index (χ3v) is 3.11. The van der Waals surface area contributed by atoms with Gasteiger partial charge in [-0.3, -0.25) is 9.40 Å². The van der Waals surface area contributed by atoms with Crippen LogP contribution in [-0.4, -0.2) is 24.5 Å². The number of nitrogens with one attached hydrogen (secondary N) is 2. The summed E-state index contributed by atoms with van der Waals surface area (Å²) in [6.45, 7) is 0.512. The van der Waals surface area contributed by atoms with Gasteiger partial charge in [0.25, 0.3) is 0 Å². The number of hydrogen-bond acceptors (Lipinski definition) is 4. The minimum atomic E-state index is -3.51. The van der Waals surface area contributed by atoms with E-state index < -0.39 is 15.8 Å². The van der Waals surface area contributed by atoms with Gasteiger partial charge in [0, 0.05) is 31.0 Å². The van der Waals surface area contributed by atoms with E-state index in [2.05, 4.69) is 15.1 Å². The zero-order valence-corrected chi connectivity index (χ0v) is 11.9. The molecule has 0 aliphatic carbocycles. The lowest BCUT2D eigenvalue weighted by Crippen LogP contribution is -2.11. The van der Waals surface area contributed by atoms with Gasteiger partial charge in [0.05, 0.1) is 18.1 Å². The van der Waals surface area contributed by atoms with E-state index in [1.807, 2.05) is 13.2 Å². The number of aryl methyl sites for hydroxylation is 1. The van der Waals surface area contributed by atoms with Gasteiger partial charge in [-0.05, 0) is 18.2 Å². The lowest BCUT2D eigenvalue weighted by atomic mass is 10.2. The molecule has 0 spiro atoms. The molecule has 8 heteroatoms. The van der Waals surface area contributed by atoms with Crippen molar-refractivity contribution in [3.8, 4) is 0 Å². The molecule has 0 saturated heterocycles. The average Bonchev–Trinajstić information content (AvgIpc) is 2.74. The number of nitrogens with zero attached hydrogens (tertiary/aromatic N) is 2. The van der Waals surface area contributed by atoms with E-state index in [-0.39, 0.29) is 5.69 Å². The number of hydrogen-bond donors (Lipinski definition) is 2. The van der Waals surface area contributed by atoms with Crippen molar-refractivity contribution in [1.29, 1.82) is 0 Å². The summed E-state index contributed by atoms with van der Waals surface area (Å²) in [6.07, 6.45) is 4.54. The second-order valence-corrected chi connectivity index (χ2v) is 6.19. The van der Waals surface area contributed by atoms with Gasteiger partial charge in [0.1, 0.15) is 5.82 Å². The third-order valence-electron chi connectivity index (χ3n) is 2.52. The second kappa shape index (κ2) is 5.49. The molecule has 0 unspecified atom stereocenters. The summed E-state index contributed by atoms with van der Waals surface area (Å²) in [5.41, 5.74) is 1.50. The summed E-state index contributed by atoms with van der Waals surface area (Å²) in [4.78, 5) is 0. The van der Waals surface area contributed by atoms with Gasteiger partial charge in [-0.15, -0.1) is 0 Å². The van der Waals surface area contributed by atoms with Gasteiger partial charge in [-0.1, -0.05) is 0 Å². The molecule has 1 aromatic heterocycles. The zero-order valence-electron chi connectivity index (χ0n) is 11.1. The Hall–Kier alpha value is -2.09. The normalized spacial score (nSPS) is 11.3. The van der Waals surface area contributed by atoms with Crippen LogP contribution in [0.15, 0.2) is 30.6 Å². The molecule has 0 saturated carbocycles. The van der Waals surface area contributed by atoms with E-state index in [0.717, 1.165) is 11.8 Å². The van der Waals surface area contributed by atoms with E-state index in [1.165, 1.54) is 12.1 Å². The lowest BCUT2D eigenvalue weighted by molar-refractivity contribution is 0.604. The average molecular weight is 298 g/mol. The molecule has 0 radical (unpaired) electrons. The summed E-state index contributed by atoms with van der Waals surface area (Å²) in [6, 6.07) is 4.16. The van der Waals surface area contributed by atoms with Crippen LogP contribution in [0.2, 0.25) is 0 Å². The molecule has 6 nitrogen and oxygen atoms in total. The van der Waals surface area contributed by atoms with Crippen LogP contribution in [-0.2, 0) is 23.6 Å². The number of halogens is 1. The van der Waals surface area contributed by atoms with Crippen molar-refractivity contribution in [3.63, 3.8) is 0 Å². The fourth-order valence-electron chi connectivity index (χ4n) is 1.68. The van der Waals surface area contributed by atoms with E-state index in [0.29, 0.717) is 12.2 Å². The van der Waals surface area contributed by atoms with Crippen molar-refractivity contribution in [1.82, 2.24) is 9.78 Å². The van der Waals surface area contributed by atoms with Crippen LogP contribution in [0.25, 0.3) is 0 Å². The van der Waals surface area contributed by atoms with Gasteiger partial charge < -0.3 is 5.32 Å². The molecule has 2 aromatic rings. The van der Waals surface area contributed by atoms with Crippen molar-refractivity contribution in [3.05, 3.63) is 42.0 Å². The topological polar surface area (TPSA) is 76.0 Å². The molecule has 0 fully saturated rings. The van der Waals surface area contributed by atoms with Gasteiger partial charge in [-0.25, -0.2) is 12.8 Å². The molecule has 2 N–H and O–H groups in total. The smallest absolute Gasteiger partial charge is 0.229 e. The maximum absolute atomic E-state index is 13.5. The quantitative estimate of drug-likeness (QED) is 0.878. The monoisotopic (exact) mass is 298 g/mol. The summed E-state index contributed by atoms with van der Waals surface area (Å²) < 4.78 is 39.6. The number of aromatic nitrogens is 2. The van der Waals surface area contributed by atoms with Crippen molar-refractivity contribution >= 4 is 21.4 Å². The van der Waals surface area contributed by atoms with Crippen LogP contribution in [0.1, 0.15) is 5.56 Å². The minimum Gasteiger partial charge on any atom is -0.381 e. The Morgan fingerprint density at radius 1 is 1.40 bits per heavy atom. The summed E-state index contributed by atoms with van der Waals surface area (Å²) in [5.74, 6) is -0.623. The van der Waals surface area contributed by atoms with Crippen molar-refractivity contribution in [2.45, 2.75) is 6.54 Å². The van der Waals surface area contributed by atoms with Crippen LogP contribution in [0, 0.1) is 5.82 Å². The molecule has 2 rings (SSSR count). The number of rotatable bonds is 5. The molecule has 0 aliphatic heterocycles. The minimum absolute atomic E-state index is 0.0799. The van der Waals surface area contributed by atoms with E-state index >= 15 is 0 Å². The fraction of sp³-hybridized carbons (Fsp3) is 0.250. The molecule has 20 heavy (non-hydrogen) atoms. The SMILES string of the molecule is Cn1cc(CNc2ccc(F)c(NS(C)(=O)=O)c2)cn1. The van der Waals surface area contributed by atoms with Crippen LogP contribution < -0.4 is 10.0 Å².